The second-order valence-electron chi connectivity index (χ2n) is 6.47. The zero-order valence-electron chi connectivity index (χ0n) is 15.6. The molecule has 9 heteroatoms. The lowest BCUT2D eigenvalue weighted by atomic mass is 10.0. The van der Waals surface area contributed by atoms with Crippen LogP contribution in [0.4, 0.5) is 0 Å². The number of aliphatic carboxylic acids is 1. The van der Waals surface area contributed by atoms with Crippen LogP contribution in [0.3, 0.4) is 0 Å². The van der Waals surface area contributed by atoms with Gasteiger partial charge in [-0.3, -0.25) is 9.59 Å². The fourth-order valence-corrected chi connectivity index (χ4v) is 3.90. The largest absolute Gasteiger partial charge is 0.481 e. The molecule has 0 aromatic heterocycles. The summed E-state index contributed by atoms with van der Waals surface area (Å²) < 4.78 is 25.8. The molecule has 1 atom stereocenters. The number of carboxylic acid groups (broad SMARTS) is 1. The van der Waals surface area contributed by atoms with Gasteiger partial charge in [0.2, 0.25) is 10.0 Å². The number of aryl methyl sites for hydroxylation is 1. The van der Waals surface area contributed by atoms with Crippen molar-refractivity contribution in [1.82, 2.24) is 9.62 Å². The van der Waals surface area contributed by atoms with Crippen LogP contribution < -0.4 is 5.32 Å². The first-order valence-corrected chi connectivity index (χ1v) is 10.2. The fraction of sp³-hybridized carbons (Fsp3) is 0.263. The van der Waals surface area contributed by atoms with Crippen molar-refractivity contribution in [2.45, 2.75) is 24.3 Å². The number of hydrogen-bond donors (Lipinski definition) is 2. The zero-order valence-corrected chi connectivity index (χ0v) is 17.2. The van der Waals surface area contributed by atoms with E-state index in [9.17, 15) is 23.1 Å². The van der Waals surface area contributed by atoms with E-state index in [1.807, 2.05) is 19.1 Å². The van der Waals surface area contributed by atoms with Crippen molar-refractivity contribution < 1.29 is 23.1 Å². The smallest absolute Gasteiger partial charge is 0.305 e. The van der Waals surface area contributed by atoms with Crippen molar-refractivity contribution in [1.29, 1.82) is 0 Å². The Bertz CT molecular complexity index is 988. The molecular weight excluding hydrogens is 404 g/mol. The Morgan fingerprint density at radius 1 is 1.14 bits per heavy atom. The van der Waals surface area contributed by atoms with Crippen molar-refractivity contribution in [2.75, 3.05) is 14.1 Å². The number of benzene rings is 2. The van der Waals surface area contributed by atoms with Crippen LogP contribution in [0.1, 0.15) is 33.9 Å². The molecule has 2 N–H and O–H groups in total. The molecule has 0 aliphatic carbocycles. The lowest BCUT2D eigenvalue weighted by Gasteiger charge is -2.19. The van der Waals surface area contributed by atoms with Gasteiger partial charge < -0.3 is 10.4 Å². The van der Waals surface area contributed by atoms with Gasteiger partial charge in [0, 0.05) is 19.7 Å². The molecule has 0 heterocycles. The van der Waals surface area contributed by atoms with Crippen molar-refractivity contribution >= 4 is 33.5 Å². The number of sulfonamides is 1. The second kappa shape index (κ2) is 8.72. The summed E-state index contributed by atoms with van der Waals surface area (Å²) in [5.74, 6) is -1.67. The highest BCUT2D eigenvalue weighted by atomic mass is 35.5. The Kier molecular flexibility index (Phi) is 6.82. The normalized spacial score (nSPS) is 12.6. The topological polar surface area (TPSA) is 104 Å². The van der Waals surface area contributed by atoms with Crippen molar-refractivity contribution in [3.05, 3.63) is 64.2 Å². The van der Waals surface area contributed by atoms with Gasteiger partial charge in [0.05, 0.1) is 17.5 Å². The molecule has 2 aromatic rings. The van der Waals surface area contributed by atoms with Gasteiger partial charge in [-0.05, 0) is 30.7 Å². The van der Waals surface area contributed by atoms with Crippen LogP contribution in [0.25, 0.3) is 0 Å². The molecule has 0 bridgehead atoms. The van der Waals surface area contributed by atoms with E-state index in [2.05, 4.69) is 5.32 Å². The van der Waals surface area contributed by atoms with Gasteiger partial charge in [0.1, 0.15) is 4.90 Å². The maximum absolute atomic E-state index is 12.7. The van der Waals surface area contributed by atoms with E-state index in [4.69, 9.17) is 11.6 Å². The number of halogens is 1. The van der Waals surface area contributed by atoms with E-state index < -0.39 is 27.9 Å². The lowest BCUT2D eigenvalue weighted by molar-refractivity contribution is -0.137. The summed E-state index contributed by atoms with van der Waals surface area (Å²) in [5.41, 5.74) is 1.70. The number of nitrogens with one attached hydrogen (secondary N) is 1. The summed E-state index contributed by atoms with van der Waals surface area (Å²) in [4.78, 5) is 23.7. The molecule has 0 fully saturated rings. The first-order valence-electron chi connectivity index (χ1n) is 8.33. The van der Waals surface area contributed by atoms with Gasteiger partial charge in [-0.2, -0.15) is 0 Å². The molecule has 28 heavy (non-hydrogen) atoms. The molecule has 7 nitrogen and oxygen atoms in total. The lowest BCUT2D eigenvalue weighted by Crippen LogP contribution is -2.30. The van der Waals surface area contributed by atoms with E-state index in [1.165, 1.54) is 32.3 Å². The quantitative estimate of drug-likeness (QED) is 0.711. The van der Waals surface area contributed by atoms with Gasteiger partial charge in [-0.25, -0.2) is 12.7 Å². The maximum atomic E-state index is 12.7. The van der Waals surface area contributed by atoms with E-state index in [0.29, 0.717) is 5.56 Å². The third-order valence-corrected chi connectivity index (χ3v) is 6.41. The minimum absolute atomic E-state index is 0.00845. The molecule has 0 radical (unpaired) electrons. The summed E-state index contributed by atoms with van der Waals surface area (Å²) in [6.07, 6.45) is -0.314. The van der Waals surface area contributed by atoms with Crippen LogP contribution in [-0.4, -0.2) is 43.8 Å². The molecule has 1 amide bonds. The van der Waals surface area contributed by atoms with Crippen LogP contribution in [0, 0.1) is 6.92 Å². The van der Waals surface area contributed by atoms with Gasteiger partial charge >= 0.3 is 5.97 Å². The molecule has 2 rings (SSSR count). The summed E-state index contributed by atoms with van der Waals surface area (Å²) in [5, 5.41) is 11.8. The summed E-state index contributed by atoms with van der Waals surface area (Å²) >= 11 is 6.00. The highest BCUT2D eigenvalue weighted by Gasteiger charge is 2.24. The predicted octanol–water partition coefficient (Wildman–Crippen LogP) is 2.84. The zero-order chi connectivity index (χ0) is 21.1. The summed E-state index contributed by atoms with van der Waals surface area (Å²) in [7, 11) is -1.12. The maximum Gasteiger partial charge on any atom is 0.305 e. The highest BCUT2D eigenvalue weighted by Crippen LogP contribution is 2.25. The number of hydrogen-bond acceptors (Lipinski definition) is 4. The fourth-order valence-electron chi connectivity index (χ4n) is 2.51. The van der Waals surface area contributed by atoms with Crippen LogP contribution in [0.5, 0.6) is 0 Å². The van der Waals surface area contributed by atoms with Gasteiger partial charge in [-0.1, -0.05) is 41.4 Å². The number of rotatable bonds is 7. The predicted molar refractivity (Wildman–Crippen MR) is 106 cm³/mol. The third-order valence-electron chi connectivity index (χ3n) is 4.12. The Morgan fingerprint density at radius 2 is 1.75 bits per heavy atom. The first kappa shape index (κ1) is 21.9. The minimum atomic E-state index is -3.84. The Balaban J connectivity index is 2.36. The third kappa shape index (κ3) is 5.09. The summed E-state index contributed by atoms with van der Waals surface area (Å²) in [6, 6.07) is 10.3. The van der Waals surface area contributed by atoms with Crippen LogP contribution in [-0.2, 0) is 14.8 Å². The Labute approximate surface area is 169 Å². The van der Waals surface area contributed by atoms with Crippen LogP contribution in [0.2, 0.25) is 5.02 Å². The van der Waals surface area contributed by atoms with Crippen molar-refractivity contribution in [2.24, 2.45) is 0 Å². The van der Waals surface area contributed by atoms with E-state index in [-0.39, 0.29) is 21.9 Å². The Morgan fingerprint density at radius 3 is 2.29 bits per heavy atom. The van der Waals surface area contributed by atoms with Crippen LogP contribution in [0.15, 0.2) is 47.4 Å². The van der Waals surface area contributed by atoms with Gasteiger partial charge in [-0.15, -0.1) is 0 Å². The number of carboxylic acids is 1. The average molecular weight is 425 g/mol. The molecule has 0 aliphatic rings. The molecule has 0 aliphatic heterocycles. The SMILES string of the molecule is Cc1ccc([C@@H](CC(=O)O)NC(=O)c2ccc(Cl)c(S(=O)(=O)N(C)C)c2)cc1. The Hall–Kier alpha value is -2.42. The molecule has 0 saturated carbocycles. The van der Waals surface area contributed by atoms with E-state index >= 15 is 0 Å². The number of carbonyl (C=O) groups is 2. The monoisotopic (exact) mass is 424 g/mol. The molecule has 150 valence electrons. The first-order chi connectivity index (χ1) is 13.0. The molecule has 0 unspecified atom stereocenters. The second-order valence-corrected chi connectivity index (χ2v) is 8.99. The molecule has 0 saturated heterocycles. The minimum Gasteiger partial charge on any atom is -0.481 e. The highest BCUT2D eigenvalue weighted by molar-refractivity contribution is 7.89. The summed E-state index contributed by atoms with van der Waals surface area (Å²) in [6.45, 7) is 1.90. The van der Waals surface area contributed by atoms with E-state index in [1.54, 1.807) is 12.1 Å². The van der Waals surface area contributed by atoms with Crippen molar-refractivity contribution in [3.8, 4) is 0 Å². The number of amides is 1. The van der Waals surface area contributed by atoms with Gasteiger partial charge in [0.15, 0.2) is 0 Å². The molecular formula is C19H21ClN2O5S. The van der Waals surface area contributed by atoms with E-state index in [0.717, 1.165) is 9.87 Å². The average Bonchev–Trinajstić information content (AvgIpc) is 2.61. The standard InChI is InChI=1S/C19H21ClN2O5S/c1-12-4-6-13(7-5-12)16(11-18(23)24)21-19(25)14-8-9-15(20)17(10-14)28(26,27)22(2)3/h4-10,16H,11H2,1-3H3,(H,21,25)(H,23,24)/t16-/m1/s1. The molecule has 0 spiro atoms. The van der Waals surface area contributed by atoms with Gasteiger partial charge in [0.25, 0.3) is 5.91 Å². The van der Waals surface area contributed by atoms with Crippen molar-refractivity contribution in [3.63, 3.8) is 0 Å². The number of carbonyl (C=O) groups excluding carboxylic acids is 1. The van der Waals surface area contributed by atoms with Crippen LogP contribution >= 0.6 is 11.6 Å². The number of nitrogens with zero attached hydrogens (tertiary/aromatic N) is 1. The molecule has 2 aromatic carbocycles.